The Bertz CT molecular complexity index is 570. The molecule has 1 aromatic carbocycles. The molecule has 0 spiro atoms. The molecule has 0 bridgehead atoms. The summed E-state index contributed by atoms with van der Waals surface area (Å²) < 4.78 is 5.41. The molecule has 2 aromatic rings. The molecule has 0 amide bonds. The number of pyridine rings is 1. The Kier molecular flexibility index (Phi) is 6.71. The minimum atomic E-state index is -0.490. The van der Waals surface area contributed by atoms with Crippen LogP contribution < -0.4 is 5.32 Å². The fourth-order valence-corrected chi connectivity index (χ4v) is 2.30. The predicted molar refractivity (Wildman–Crippen MR) is 93.2 cm³/mol. The molecule has 1 aromatic heterocycles. The lowest BCUT2D eigenvalue weighted by atomic mass is 10.0. The number of nitrogens with one attached hydrogen (secondary N) is 1. The highest BCUT2D eigenvalue weighted by Gasteiger charge is 2.10. The highest BCUT2D eigenvalue weighted by atomic mass is 16.5. The van der Waals surface area contributed by atoms with Crippen molar-refractivity contribution in [2.24, 2.45) is 0 Å². The lowest BCUT2D eigenvalue weighted by molar-refractivity contribution is 0.00560. The Hall–Kier alpha value is -1.75. The summed E-state index contributed by atoms with van der Waals surface area (Å²) in [6.45, 7) is 6.90. The van der Waals surface area contributed by atoms with Gasteiger partial charge in [-0.15, -0.1) is 0 Å². The van der Waals surface area contributed by atoms with Gasteiger partial charge < -0.3 is 15.2 Å². The van der Waals surface area contributed by atoms with Gasteiger partial charge in [0.05, 0.1) is 18.8 Å². The van der Waals surface area contributed by atoms with Crippen molar-refractivity contribution in [3.05, 3.63) is 54.4 Å². The molecule has 0 aliphatic carbocycles. The summed E-state index contributed by atoms with van der Waals surface area (Å²) in [6.07, 6.45) is 3.25. The standard InChI is InChI=1S/C19H26N2O2/c1-14(2)23-13-19(22)12-21-15(3)16-4-6-17(7-5-16)18-8-10-20-11-9-18/h4-11,14-15,19,21-22H,12-13H2,1-3H3. The molecular weight excluding hydrogens is 288 g/mol. The van der Waals surface area contributed by atoms with E-state index in [1.54, 1.807) is 12.4 Å². The molecule has 23 heavy (non-hydrogen) atoms. The third kappa shape index (κ3) is 5.75. The topological polar surface area (TPSA) is 54.4 Å². The minimum absolute atomic E-state index is 0.141. The van der Waals surface area contributed by atoms with E-state index in [0.717, 1.165) is 5.56 Å². The molecule has 1 heterocycles. The summed E-state index contributed by atoms with van der Waals surface area (Å²) in [4.78, 5) is 4.04. The molecule has 0 fully saturated rings. The van der Waals surface area contributed by atoms with Crippen molar-refractivity contribution >= 4 is 0 Å². The minimum Gasteiger partial charge on any atom is -0.389 e. The van der Waals surface area contributed by atoms with Crippen molar-refractivity contribution in [2.45, 2.75) is 39.0 Å². The van der Waals surface area contributed by atoms with Crippen LogP contribution in [0.5, 0.6) is 0 Å². The second kappa shape index (κ2) is 8.77. The molecule has 4 heteroatoms. The number of aliphatic hydroxyl groups is 1. The van der Waals surface area contributed by atoms with Crippen molar-refractivity contribution in [3.8, 4) is 11.1 Å². The van der Waals surface area contributed by atoms with Crippen LogP contribution in [0, 0.1) is 0 Å². The molecule has 0 saturated carbocycles. The summed E-state index contributed by atoms with van der Waals surface area (Å²) in [5.41, 5.74) is 3.53. The van der Waals surface area contributed by atoms with E-state index in [0.29, 0.717) is 13.2 Å². The highest BCUT2D eigenvalue weighted by Crippen LogP contribution is 2.21. The van der Waals surface area contributed by atoms with Crippen LogP contribution in [0.3, 0.4) is 0 Å². The third-order valence-electron chi connectivity index (χ3n) is 3.71. The highest BCUT2D eigenvalue weighted by molar-refractivity contribution is 5.62. The molecular formula is C19H26N2O2. The van der Waals surface area contributed by atoms with Gasteiger partial charge in [-0.1, -0.05) is 24.3 Å². The van der Waals surface area contributed by atoms with Gasteiger partial charge in [-0.25, -0.2) is 0 Å². The van der Waals surface area contributed by atoms with E-state index in [2.05, 4.69) is 41.5 Å². The van der Waals surface area contributed by atoms with Gasteiger partial charge in [0.25, 0.3) is 0 Å². The number of benzene rings is 1. The van der Waals surface area contributed by atoms with Crippen LogP contribution in [0.2, 0.25) is 0 Å². The van der Waals surface area contributed by atoms with E-state index in [9.17, 15) is 5.11 Å². The van der Waals surface area contributed by atoms with E-state index in [4.69, 9.17) is 4.74 Å². The average molecular weight is 314 g/mol. The van der Waals surface area contributed by atoms with E-state index in [1.807, 2.05) is 26.0 Å². The van der Waals surface area contributed by atoms with Crippen molar-refractivity contribution in [1.82, 2.24) is 10.3 Å². The Morgan fingerprint density at radius 2 is 1.61 bits per heavy atom. The SMILES string of the molecule is CC(C)OCC(O)CNC(C)c1ccc(-c2ccncc2)cc1. The summed E-state index contributed by atoms with van der Waals surface area (Å²) in [6, 6.07) is 12.6. The van der Waals surface area contributed by atoms with Crippen LogP contribution in [-0.4, -0.2) is 35.5 Å². The van der Waals surface area contributed by atoms with Gasteiger partial charge in [0.15, 0.2) is 0 Å². The Balaban J connectivity index is 1.87. The largest absolute Gasteiger partial charge is 0.389 e. The zero-order chi connectivity index (χ0) is 16.7. The first-order valence-corrected chi connectivity index (χ1v) is 8.09. The van der Waals surface area contributed by atoms with Crippen molar-refractivity contribution in [1.29, 1.82) is 0 Å². The molecule has 4 nitrogen and oxygen atoms in total. The summed E-state index contributed by atoms with van der Waals surface area (Å²) >= 11 is 0. The van der Waals surface area contributed by atoms with Gasteiger partial charge >= 0.3 is 0 Å². The first-order valence-electron chi connectivity index (χ1n) is 8.09. The lowest BCUT2D eigenvalue weighted by Crippen LogP contribution is -2.32. The van der Waals surface area contributed by atoms with Crippen molar-refractivity contribution < 1.29 is 9.84 Å². The number of aliphatic hydroxyl groups excluding tert-OH is 1. The molecule has 2 unspecified atom stereocenters. The zero-order valence-electron chi connectivity index (χ0n) is 14.1. The van der Waals surface area contributed by atoms with E-state index in [1.165, 1.54) is 11.1 Å². The van der Waals surface area contributed by atoms with Gasteiger partial charge in [0.1, 0.15) is 0 Å². The van der Waals surface area contributed by atoms with Gasteiger partial charge in [-0.2, -0.15) is 0 Å². The number of ether oxygens (including phenoxy) is 1. The Labute approximate surface area is 138 Å². The van der Waals surface area contributed by atoms with Crippen molar-refractivity contribution in [3.63, 3.8) is 0 Å². The lowest BCUT2D eigenvalue weighted by Gasteiger charge is -2.18. The number of rotatable bonds is 8. The molecule has 0 aliphatic rings. The second-order valence-electron chi connectivity index (χ2n) is 6.02. The smallest absolute Gasteiger partial charge is 0.0898 e. The molecule has 2 N–H and O–H groups in total. The summed E-state index contributed by atoms with van der Waals surface area (Å²) in [5, 5.41) is 13.2. The third-order valence-corrected chi connectivity index (χ3v) is 3.71. The monoisotopic (exact) mass is 314 g/mol. The summed E-state index contributed by atoms with van der Waals surface area (Å²) in [7, 11) is 0. The van der Waals surface area contributed by atoms with Crippen molar-refractivity contribution in [2.75, 3.05) is 13.2 Å². The van der Waals surface area contributed by atoms with Crippen LogP contribution in [0.4, 0.5) is 0 Å². The van der Waals surface area contributed by atoms with Crippen LogP contribution in [-0.2, 0) is 4.74 Å². The molecule has 124 valence electrons. The van der Waals surface area contributed by atoms with Crippen LogP contribution >= 0.6 is 0 Å². The number of aromatic nitrogens is 1. The predicted octanol–water partition coefficient (Wildman–Crippen LogP) is 3.19. The summed E-state index contributed by atoms with van der Waals surface area (Å²) in [5.74, 6) is 0. The van der Waals surface area contributed by atoms with Crippen LogP contribution in [0.25, 0.3) is 11.1 Å². The maximum Gasteiger partial charge on any atom is 0.0898 e. The first kappa shape index (κ1) is 17.6. The maximum atomic E-state index is 9.89. The maximum absolute atomic E-state index is 9.89. The van der Waals surface area contributed by atoms with Gasteiger partial charge in [-0.3, -0.25) is 4.98 Å². The van der Waals surface area contributed by atoms with Gasteiger partial charge in [0.2, 0.25) is 0 Å². The van der Waals surface area contributed by atoms with Crippen LogP contribution in [0.1, 0.15) is 32.4 Å². The normalized spacial score (nSPS) is 14.0. The molecule has 0 radical (unpaired) electrons. The fraction of sp³-hybridized carbons (Fsp3) is 0.421. The Morgan fingerprint density at radius 3 is 2.22 bits per heavy atom. The number of hydrogen-bond donors (Lipinski definition) is 2. The van der Waals surface area contributed by atoms with Gasteiger partial charge in [0, 0.05) is 25.0 Å². The van der Waals surface area contributed by atoms with Gasteiger partial charge in [-0.05, 0) is 49.6 Å². The molecule has 0 aliphatic heterocycles. The molecule has 2 atom stereocenters. The first-order chi connectivity index (χ1) is 11.1. The van der Waals surface area contributed by atoms with Crippen LogP contribution in [0.15, 0.2) is 48.8 Å². The number of nitrogens with zero attached hydrogens (tertiary/aromatic N) is 1. The molecule has 2 rings (SSSR count). The fourth-order valence-electron chi connectivity index (χ4n) is 2.30. The Morgan fingerprint density at radius 1 is 1.00 bits per heavy atom. The zero-order valence-corrected chi connectivity index (χ0v) is 14.1. The average Bonchev–Trinajstić information content (AvgIpc) is 2.58. The molecule has 0 saturated heterocycles. The number of hydrogen-bond acceptors (Lipinski definition) is 4. The van der Waals surface area contributed by atoms with E-state index >= 15 is 0 Å². The second-order valence-corrected chi connectivity index (χ2v) is 6.02. The van der Waals surface area contributed by atoms with E-state index in [-0.39, 0.29) is 12.1 Å². The van der Waals surface area contributed by atoms with E-state index < -0.39 is 6.10 Å². The quantitative estimate of drug-likeness (QED) is 0.786.